The first kappa shape index (κ1) is 17.0. The average molecular weight is 289 g/mol. The maximum atomic E-state index is 12.1. The molecule has 114 valence electrons. The van der Waals surface area contributed by atoms with Crippen molar-refractivity contribution in [1.29, 1.82) is 0 Å². The van der Waals surface area contributed by atoms with E-state index in [1.165, 1.54) is 6.08 Å². The topological polar surface area (TPSA) is 66.4 Å². The quantitative estimate of drug-likeness (QED) is 0.790. The molecule has 0 aromatic heterocycles. The van der Waals surface area contributed by atoms with Crippen LogP contribution in [0.25, 0.3) is 6.08 Å². The van der Waals surface area contributed by atoms with E-state index in [2.05, 4.69) is 33.0 Å². The minimum atomic E-state index is -0.993. The third-order valence-electron chi connectivity index (χ3n) is 3.86. The van der Waals surface area contributed by atoms with Crippen LogP contribution >= 0.6 is 0 Å². The van der Waals surface area contributed by atoms with Gasteiger partial charge in [0.25, 0.3) is 5.91 Å². The zero-order chi connectivity index (χ0) is 16.0. The molecule has 0 radical (unpaired) electrons. The zero-order valence-electron chi connectivity index (χ0n) is 13.0. The van der Waals surface area contributed by atoms with Gasteiger partial charge in [-0.3, -0.25) is 4.79 Å². The van der Waals surface area contributed by atoms with Crippen LogP contribution in [-0.4, -0.2) is 23.5 Å². The lowest BCUT2D eigenvalue weighted by Crippen LogP contribution is -2.36. The summed E-state index contributed by atoms with van der Waals surface area (Å²) in [5.41, 5.74) is 1.36. The summed E-state index contributed by atoms with van der Waals surface area (Å²) in [6.45, 7) is 9.13. The van der Waals surface area contributed by atoms with Crippen molar-refractivity contribution in [2.24, 2.45) is 11.3 Å². The Bertz CT molecular complexity index is 527. The number of carbonyl (C=O) groups excluding carboxylic acids is 1. The Morgan fingerprint density at radius 3 is 2.29 bits per heavy atom. The average Bonchev–Trinajstić information content (AvgIpc) is 2.43. The summed E-state index contributed by atoms with van der Waals surface area (Å²) in [5.74, 6) is -0.633. The van der Waals surface area contributed by atoms with Gasteiger partial charge in [0.1, 0.15) is 0 Å². The van der Waals surface area contributed by atoms with Crippen LogP contribution in [-0.2, 0) is 4.79 Å². The van der Waals surface area contributed by atoms with Crippen LogP contribution in [0.5, 0.6) is 0 Å². The van der Waals surface area contributed by atoms with Crippen LogP contribution in [0, 0.1) is 11.3 Å². The van der Waals surface area contributed by atoms with Gasteiger partial charge in [0.2, 0.25) is 0 Å². The second-order valence-corrected chi connectivity index (χ2v) is 6.12. The van der Waals surface area contributed by atoms with Crippen molar-refractivity contribution in [3.8, 4) is 0 Å². The Balaban J connectivity index is 2.66. The molecule has 1 amide bonds. The molecule has 0 aliphatic rings. The van der Waals surface area contributed by atoms with Crippen LogP contribution in [0.3, 0.4) is 0 Å². The van der Waals surface area contributed by atoms with Gasteiger partial charge in [0.05, 0.1) is 0 Å². The summed E-state index contributed by atoms with van der Waals surface area (Å²) in [5, 5.41) is 11.5. The van der Waals surface area contributed by atoms with Crippen LogP contribution in [0.1, 0.15) is 43.6 Å². The van der Waals surface area contributed by atoms with E-state index in [0.29, 0.717) is 18.0 Å². The molecule has 1 rings (SSSR count). The molecule has 4 nitrogen and oxygen atoms in total. The highest BCUT2D eigenvalue weighted by Gasteiger charge is 2.23. The third-order valence-corrected chi connectivity index (χ3v) is 3.86. The summed E-state index contributed by atoms with van der Waals surface area (Å²) in [6.07, 6.45) is 2.56. The van der Waals surface area contributed by atoms with E-state index in [0.717, 1.165) is 11.6 Å². The standard InChI is InChI=1S/C17H23NO3/c1-12(2)17(3,4)11-18-16(21)14-8-5-13(6-9-14)7-10-15(19)20/h5-10,12H,11H2,1-4H3,(H,18,21)(H,19,20)/b10-7+. The Morgan fingerprint density at radius 2 is 1.81 bits per heavy atom. The summed E-state index contributed by atoms with van der Waals surface area (Å²) < 4.78 is 0. The number of hydrogen-bond acceptors (Lipinski definition) is 2. The molecule has 0 bridgehead atoms. The molecule has 0 unspecified atom stereocenters. The number of aliphatic carboxylic acids is 1. The van der Waals surface area contributed by atoms with Crippen LogP contribution in [0.15, 0.2) is 30.3 Å². The number of carboxylic acids is 1. The van der Waals surface area contributed by atoms with Gasteiger partial charge in [-0.15, -0.1) is 0 Å². The maximum absolute atomic E-state index is 12.1. The van der Waals surface area contributed by atoms with Crippen molar-refractivity contribution in [3.05, 3.63) is 41.5 Å². The van der Waals surface area contributed by atoms with E-state index in [1.807, 2.05) is 0 Å². The fraction of sp³-hybridized carbons (Fsp3) is 0.412. The normalized spacial score (nSPS) is 11.9. The molecule has 0 spiro atoms. The molecule has 0 atom stereocenters. The number of carboxylic acid groups (broad SMARTS) is 1. The van der Waals surface area contributed by atoms with Crippen molar-refractivity contribution >= 4 is 18.0 Å². The van der Waals surface area contributed by atoms with Gasteiger partial charge < -0.3 is 10.4 Å². The van der Waals surface area contributed by atoms with Gasteiger partial charge in [-0.25, -0.2) is 4.79 Å². The fourth-order valence-corrected chi connectivity index (χ4v) is 1.53. The molecule has 0 heterocycles. The Hall–Kier alpha value is -2.10. The van der Waals surface area contributed by atoms with Crippen LogP contribution in [0.4, 0.5) is 0 Å². The van der Waals surface area contributed by atoms with E-state index >= 15 is 0 Å². The summed E-state index contributed by atoms with van der Waals surface area (Å²) in [4.78, 5) is 22.5. The van der Waals surface area contributed by atoms with Gasteiger partial charge in [-0.05, 0) is 35.1 Å². The molecule has 1 aromatic carbocycles. The zero-order valence-corrected chi connectivity index (χ0v) is 13.0. The van der Waals surface area contributed by atoms with Gasteiger partial charge >= 0.3 is 5.97 Å². The van der Waals surface area contributed by atoms with Gasteiger partial charge in [-0.2, -0.15) is 0 Å². The highest BCUT2D eigenvalue weighted by atomic mass is 16.4. The molecule has 0 fully saturated rings. The summed E-state index contributed by atoms with van der Waals surface area (Å²) in [7, 11) is 0. The van der Waals surface area contributed by atoms with Crippen molar-refractivity contribution < 1.29 is 14.7 Å². The van der Waals surface area contributed by atoms with E-state index in [-0.39, 0.29) is 11.3 Å². The lowest BCUT2D eigenvalue weighted by Gasteiger charge is -2.29. The minimum Gasteiger partial charge on any atom is -0.478 e. The summed E-state index contributed by atoms with van der Waals surface area (Å²) in [6, 6.07) is 6.84. The molecule has 21 heavy (non-hydrogen) atoms. The third kappa shape index (κ3) is 5.42. The molecular formula is C17H23NO3. The molecule has 0 aliphatic heterocycles. The Labute approximate surface area is 125 Å². The molecule has 0 saturated heterocycles. The molecule has 0 saturated carbocycles. The smallest absolute Gasteiger partial charge is 0.328 e. The highest BCUT2D eigenvalue weighted by Crippen LogP contribution is 2.24. The number of hydrogen-bond donors (Lipinski definition) is 2. The number of benzene rings is 1. The Morgan fingerprint density at radius 1 is 1.24 bits per heavy atom. The minimum absolute atomic E-state index is 0.0415. The monoisotopic (exact) mass is 289 g/mol. The van der Waals surface area contributed by atoms with Crippen molar-refractivity contribution in [3.63, 3.8) is 0 Å². The van der Waals surface area contributed by atoms with E-state index in [9.17, 15) is 9.59 Å². The van der Waals surface area contributed by atoms with E-state index < -0.39 is 5.97 Å². The molecular weight excluding hydrogens is 266 g/mol. The van der Waals surface area contributed by atoms with E-state index in [4.69, 9.17) is 5.11 Å². The first-order valence-corrected chi connectivity index (χ1v) is 7.01. The van der Waals surface area contributed by atoms with Crippen molar-refractivity contribution in [2.75, 3.05) is 6.54 Å². The maximum Gasteiger partial charge on any atom is 0.328 e. The number of nitrogens with one attached hydrogen (secondary N) is 1. The fourth-order valence-electron chi connectivity index (χ4n) is 1.53. The van der Waals surface area contributed by atoms with E-state index in [1.54, 1.807) is 24.3 Å². The second-order valence-electron chi connectivity index (χ2n) is 6.12. The lowest BCUT2D eigenvalue weighted by molar-refractivity contribution is -0.131. The predicted molar refractivity (Wildman–Crippen MR) is 84.1 cm³/mol. The van der Waals surface area contributed by atoms with Crippen molar-refractivity contribution in [2.45, 2.75) is 27.7 Å². The SMILES string of the molecule is CC(C)C(C)(C)CNC(=O)c1ccc(/C=C/C(=O)O)cc1. The highest BCUT2D eigenvalue weighted by molar-refractivity contribution is 5.94. The van der Waals surface area contributed by atoms with Crippen LogP contribution in [0.2, 0.25) is 0 Å². The molecule has 4 heteroatoms. The number of rotatable bonds is 6. The predicted octanol–water partition coefficient (Wildman–Crippen LogP) is 3.20. The number of amides is 1. The second kappa shape index (κ2) is 7.07. The van der Waals surface area contributed by atoms with Gasteiger partial charge in [-0.1, -0.05) is 39.8 Å². The van der Waals surface area contributed by atoms with Crippen LogP contribution < -0.4 is 5.32 Å². The van der Waals surface area contributed by atoms with Crippen molar-refractivity contribution in [1.82, 2.24) is 5.32 Å². The first-order valence-electron chi connectivity index (χ1n) is 7.01. The molecule has 1 aromatic rings. The molecule has 2 N–H and O–H groups in total. The first-order chi connectivity index (χ1) is 9.72. The lowest BCUT2D eigenvalue weighted by atomic mass is 9.81. The number of carbonyl (C=O) groups is 2. The van der Waals surface area contributed by atoms with Gasteiger partial charge in [0, 0.05) is 18.2 Å². The largest absolute Gasteiger partial charge is 0.478 e. The van der Waals surface area contributed by atoms with Gasteiger partial charge in [0.15, 0.2) is 0 Å². The summed E-state index contributed by atoms with van der Waals surface area (Å²) >= 11 is 0. The molecule has 0 aliphatic carbocycles. The Kier molecular flexibility index (Phi) is 5.70.